The lowest BCUT2D eigenvalue weighted by Crippen LogP contribution is -2.22. The number of hydrogen-bond acceptors (Lipinski definition) is 8. The maximum absolute atomic E-state index is 12.7. The minimum Gasteiger partial charge on any atom is -0.493 e. The van der Waals surface area contributed by atoms with Crippen molar-refractivity contribution < 1.29 is 18.7 Å². The molecular formula is C24H19N3O4S2. The van der Waals surface area contributed by atoms with Gasteiger partial charge in [-0.2, -0.15) is 0 Å². The predicted octanol–water partition coefficient (Wildman–Crippen LogP) is 5.63. The Hall–Kier alpha value is -3.69. The van der Waals surface area contributed by atoms with E-state index in [-0.39, 0.29) is 12.5 Å². The number of nitrogens with zero attached hydrogens (tertiary/aromatic N) is 2. The molecule has 5 aromatic rings. The molecule has 1 amide bonds. The monoisotopic (exact) mass is 477 g/mol. The van der Waals surface area contributed by atoms with Gasteiger partial charge in [0.1, 0.15) is 16.5 Å². The van der Waals surface area contributed by atoms with Gasteiger partial charge in [0.05, 0.1) is 36.5 Å². The Morgan fingerprint density at radius 1 is 1.00 bits per heavy atom. The van der Waals surface area contributed by atoms with Crippen molar-refractivity contribution in [1.82, 2.24) is 15.3 Å². The van der Waals surface area contributed by atoms with Crippen LogP contribution in [0.3, 0.4) is 0 Å². The van der Waals surface area contributed by atoms with Gasteiger partial charge in [-0.3, -0.25) is 4.79 Å². The van der Waals surface area contributed by atoms with E-state index in [1.165, 1.54) is 11.3 Å². The summed E-state index contributed by atoms with van der Waals surface area (Å²) in [5.41, 5.74) is 2.04. The van der Waals surface area contributed by atoms with Crippen LogP contribution in [-0.2, 0) is 6.54 Å². The number of nitrogens with one attached hydrogen (secondary N) is 1. The molecule has 2 aromatic carbocycles. The lowest BCUT2D eigenvalue weighted by atomic mass is 10.2. The zero-order valence-electron chi connectivity index (χ0n) is 17.8. The van der Waals surface area contributed by atoms with Crippen LogP contribution in [0.2, 0.25) is 0 Å². The molecule has 7 nitrogen and oxygen atoms in total. The highest BCUT2D eigenvalue weighted by atomic mass is 32.1. The number of para-hydroxylation sites is 2. The number of fused-ring (bicyclic) bond motifs is 1. The summed E-state index contributed by atoms with van der Waals surface area (Å²) in [4.78, 5) is 21.8. The minimum atomic E-state index is -0.280. The number of methoxy groups -OCH3 is 2. The van der Waals surface area contributed by atoms with Gasteiger partial charge >= 0.3 is 0 Å². The maximum Gasteiger partial charge on any atom is 0.271 e. The molecule has 9 heteroatoms. The summed E-state index contributed by atoms with van der Waals surface area (Å²) in [7, 11) is 3.16. The van der Waals surface area contributed by atoms with E-state index >= 15 is 0 Å². The molecule has 0 radical (unpaired) electrons. The molecule has 33 heavy (non-hydrogen) atoms. The Morgan fingerprint density at radius 2 is 1.88 bits per heavy atom. The third-order valence-corrected chi connectivity index (χ3v) is 6.89. The largest absolute Gasteiger partial charge is 0.493 e. The molecule has 5 rings (SSSR count). The van der Waals surface area contributed by atoms with E-state index < -0.39 is 0 Å². The summed E-state index contributed by atoms with van der Waals surface area (Å²) >= 11 is 2.94. The van der Waals surface area contributed by atoms with Crippen LogP contribution in [0.15, 0.2) is 64.4 Å². The zero-order valence-corrected chi connectivity index (χ0v) is 19.5. The van der Waals surface area contributed by atoms with Gasteiger partial charge in [-0.25, -0.2) is 9.97 Å². The number of carbonyl (C=O) groups excluding carboxylic acids is 1. The molecule has 166 valence electrons. The van der Waals surface area contributed by atoms with Crippen molar-refractivity contribution in [3.8, 4) is 32.8 Å². The van der Waals surface area contributed by atoms with Crippen LogP contribution in [-0.4, -0.2) is 30.1 Å². The van der Waals surface area contributed by atoms with Crippen molar-refractivity contribution >= 4 is 38.8 Å². The van der Waals surface area contributed by atoms with Crippen LogP contribution in [0.25, 0.3) is 31.6 Å². The Bertz CT molecular complexity index is 1400. The molecule has 0 atom stereocenters. The Morgan fingerprint density at radius 3 is 2.70 bits per heavy atom. The van der Waals surface area contributed by atoms with E-state index in [0.29, 0.717) is 33.7 Å². The molecule has 0 unspecified atom stereocenters. The lowest BCUT2D eigenvalue weighted by molar-refractivity contribution is 0.0944. The van der Waals surface area contributed by atoms with E-state index in [2.05, 4.69) is 15.3 Å². The molecule has 3 aromatic heterocycles. The van der Waals surface area contributed by atoms with E-state index in [1.54, 1.807) is 30.9 Å². The van der Waals surface area contributed by atoms with Crippen molar-refractivity contribution in [3.63, 3.8) is 0 Å². The highest BCUT2D eigenvalue weighted by molar-refractivity contribution is 7.21. The van der Waals surface area contributed by atoms with E-state index in [1.807, 2.05) is 54.6 Å². The fraction of sp³-hybridized carbons (Fsp3) is 0.125. The molecular weight excluding hydrogens is 458 g/mol. The van der Waals surface area contributed by atoms with E-state index in [4.69, 9.17) is 13.9 Å². The average molecular weight is 478 g/mol. The summed E-state index contributed by atoms with van der Waals surface area (Å²) in [6, 6.07) is 17.2. The second-order valence-corrected chi connectivity index (χ2v) is 8.90. The van der Waals surface area contributed by atoms with Gasteiger partial charge in [-0.15, -0.1) is 22.7 Å². The number of furan rings is 1. The second kappa shape index (κ2) is 9.05. The van der Waals surface area contributed by atoms with Crippen molar-refractivity contribution in [2.45, 2.75) is 6.54 Å². The number of carbonyl (C=O) groups is 1. The average Bonchev–Trinajstić information content (AvgIpc) is 3.60. The quantitative estimate of drug-likeness (QED) is 0.327. The van der Waals surface area contributed by atoms with Crippen molar-refractivity contribution in [2.24, 2.45) is 0 Å². The Labute approximate surface area is 197 Å². The van der Waals surface area contributed by atoms with E-state index in [9.17, 15) is 4.79 Å². The van der Waals surface area contributed by atoms with Gasteiger partial charge in [-0.1, -0.05) is 18.2 Å². The van der Waals surface area contributed by atoms with Gasteiger partial charge in [0.25, 0.3) is 5.91 Å². The molecule has 0 aliphatic rings. The van der Waals surface area contributed by atoms with Gasteiger partial charge in [-0.05, 0) is 36.4 Å². The van der Waals surface area contributed by atoms with Crippen molar-refractivity contribution in [3.05, 3.63) is 71.4 Å². The topological polar surface area (TPSA) is 86.5 Å². The number of aromatic nitrogens is 2. The summed E-state index contributed by atoms with van der Waals surface area (Å²) in [6.07, 6.45) is 0. The molecule has 0 saturated heterocycles. The van der Waals surface area contributed by atoms with Gasteiger partial charge in [0.15, 0.2) is 22.3 Å². The molecule has 1 N–H and O–H groups in total. The maximum atomic E-state index is 12.7. The zero-order chi connectivity index (χ0) is 22.8. The van der Waals surface area contributed by atoms with Crippen LogP contribution in [0.5, 0.6) is 11.5 Å². The summed E-state index contributed by atoms with van der Waals surface area (Å²) < 4.78 is 17.8. The standard InChI is InChI=1S/C24H19N3O4S2/c1-29-18-8-5-6-15(21(18)30-2)23-27-17(13-32-23)22(28)25-12-14-10-11-19(31-14)24-26-16-7-3-4-9-20(16)33-24/h3-11,13H,12H2,1-2H3,(H,25,28). The SMILES string of the molecule is COc1cccc(-c2nc(C(=O)NCc3ccc(-c4nc5ccccc5s4)o3)cs2)c1OC. The van der Waals surface area contributed by atoms with Gasteiger partial charge < -0.3 is 19.2 Å². The summed E-state index contributed by atoms with van der Waals surface area (Å²) in [6.45, 7) is 0.249. The number of ether oxygens (including phenoxy) is 2. The predicted molar refractivity (Wildman–Crippen MR) is 129 cm³/mol. The fourth-order valence-corrected chi connectivity index (χ4v) is 5.13. The second-order valence-electron chi connectivity index (χ2n) is 7.01. The molecule has 0 bridgehead atoms. The highest BCUT2D eigenvalue weighted by Crippen LogP contribution is 2.39. The smallest absolute Gasteiger partial charge is 0.271 e. The Balaban J connectivity index is 1.28. The first-order valence-electron chi connectivity index (χ1n) is 10.1. The summed E-state index contributed by atoms with van der Waals surface area (Å²) in [5.74, 6) is 2.23. The highest BCUT2D eigenvalue weighted by Gasteiger charge is 2.18. The minimum absolute atomic E-state index is 0.249. The van der Waals surface area contributed by atoms with Crippen LogP contribution in [0, 0.1) is 0 Å². The van der Waals surface area contributed by atoms with E-state index in [0.717, 1.165) is 20.8 Å². The molecule has 0 aliphatic heterocycles. The Kier molecular flexibility index (Phi) is 5.80. The van der Waals surface area contributed by atoms with Gasteiger partial charge in [0, 0.05) is 5.38 Å². The fourth-order valence-electron chi connectivity index (χ4n) is 3.38. The molecule has 0 aliphatic carbocycles. The molecule has 0 spiro atoms. The summed E-state index contributed by atoms with van der Waals surface area (Å²) in [5, 5.41) is 6.07. The third kappa shape index (κ3) is 4.20. The first-order valence-corrected chi connectivity index (χ1v) is 11.8. The number of hydrogen-bond donors (Lipinski definition) is 1. The number of rotatable bonds is 7. The number of amides is 1. The lowest BCUT2D eigenvalue weighted by Gasteiger charge is -2.10. The van der Waals surface area contributed by atoms with Crippen LogP contribution in [0.1, 0.15) is 16.2 Å². The van der Waals surface area contributed by atoms with Crippen molar-refractivity contribution in [1.29, 1.82) is 0 Å². The van der Waals surface area contributed by atoms with Crippen LogP contribution < -0.4 is 14.8 Å². The van der Waals surface area contributed by atoms with Crippen molar-refractivity contribution in [2.75, 3.05) is 14.2 Å². The first-order chi connectivity index (χ1) is 16.2. The van der Waals surface area contributed by atoms with Crippen LogP contribution in [0.4, 0.5) is 0 Å². The van der Waals surface area contributed by atoms with Gasteiger partial charge in [0.2, 0.25) is 0 Å². The molecule has 0 fully saturated rings. The first kappa shape index (κ1) is 21.2. The normalized spacial score (nSPS) is 11.0. The number of thiazole rings is 2. The third-order valence-electron chi connectivity index (χ3n) is 4.96. The molecule has 3 heterocycles. The van der Waals surface area contributed by atoms with Crippen LogP contribution >= 0.6 is 22.7 Å². The molecule has 0 saturated carbocycles. The number of benzene rings is 2.